The Hall–Kier alpha value is -2.12. The van der Waals surface area contributed by atoms with Gasteiger partial charge in [0.15, 0.2) is 0 Å². The first-order chi connectivity index (χ1) is 10.3. The third kappa shape index (κ3) is 2.77. The van der Waals surface area contributed by atoms with E-state index < -0.39 is 12.7 Å². The van der Waals surface area contributed by atoms with E-state index in [4.69, 9.17) is 0 Å². The van der Waals surface area contributed by atoms with Gasteiger partial charge < -0.3 is 14.8 Å². The lowest BCUT2D eigenvalue weighted by Gasteiger charge is -2.24. The molecular weight excluding hydrogens is 295 g/mol. The van der Waals surface area contributed by atoms with Crippen LogP contribution < -0.4 is 5.06 Å². The van der Waals surface area contributed by atoms with Crippen molar-refractivity contribution in [1.29, 1.82) is 0 Å². The van der Waals surface area contributed by atoms with E-state index in [9.17, 15) is 18.4 Å². The number of fused-ring (bicyclic) bond motifs is 1. The number of aromatic nitrogens is 2. The van der Waals surface area contributed by atoms with E-state index in [2.05, 4.69) is 4.98 Å². The Morgan fingerprint density at radius 1 is 1.36 bits per heavy atom. The molecule has 4 nitrogen and oxygen atoms in total. The first-order valence-electron chi connectivity index (χ1n) is 6.77. The van der Waals surface area contributed by atoms with Crippen LogP contribution in [0.5, 0.6) is 0 Å². The summed E-state index contributed by atoms with van der Waals surface area (Å²) in [6.45, 7) is 1.04. The lowest BCUT2D eigenvalue weighted by molar-refractivity contribution is -0.782. The molecule has 0 bridgehead atoms. The molecule has 0 fully saturated rings. The summed E-state index contributed by atoms with van der Waals surface area (Å²) in [4.78, 5) is 4.13. The van der Waals surface area contributed by atoms with Gasteiger partial charge in [-0.3, -0.25) is 0 Å². The van der Waals surface area contributed by atoms with Crippen LogP contribution in [0.1, 0.15) is 12.5 Å². The third-order valence-electron chi connectivity index (χ3n) is 3.67. The number of hydroxylamine groups is 2. The van der Waals surface area contributed by atoms with Crippen molar-refractivity contribution >= 4 is 16.6 Å². The van der Waals surface area contributed by atoms with Crippen LogP contribution in [-0.4, -0.2) is 22.3 Å². The van der Waals surface area contributed by atoms with Crippen molar-refractivity contribution in [2.24, 2.45) is 0 Å². The normalized spacial score (nSPS) is 19.2. The van der Waals surface area contributed by atoms with Gasteiger partial charge in [-0.1, -0.05) is 12.1 Å². The number of halogens is 3. The number of nitrogens with one attached hydrogen (secondary N) is 1. The topological polar surface area (TPSA) is 45.3 Å². The molecule has 1 aromatic heterocycles. The molecule has 1 aromatic carbocycles. The molecule has 0 radical (unpaired) electrons. The summed E-state index contributed by atoms with van der Waals surface area (Å²) in [5, 5.41) is 11.6. The molecule has 0 saturated carbocycles. The smallest absolute Gasteiger partial charge is 0.406 e. The van der Waals surface area contributed by atoms with Gasteiger partial charge in [-0.05, 0) is 24.6 Å². The molecule has 2 heterocycles. The second-order valence-corrected chi connectivity index (χ2v) is 5.30. The number of allylic oxidation sites excluding steroid dienone is 2. The van der Waals surface area contributed by atoms with Crippen molar-refractivity contribution in [2.75, 3.05) is 6.54 Å². The van der Waals surface area contributed by atoms with E-state index in [-0.39, 0.29) is 11.6 Å². The van der Waals surface area contributed by atoms with E-state index >= 15 is 0 Å². The molecule has 1 aliphatic rings. The first-order valence-corrected chi connectivity index (χ1v) is 6.77. The van der Waals surface area contributed by atoms with Gasteiger partial charge in [0.25, 0.3) is 0 Å². The van der Waals surface area contributed by atoms with Crippen molar-refractivity contribution in [1.82, 2.24) is 9.55 Å². The zero-order chi connectivity index (χ0) is 15.9. The van der Waals surface area contributed by atoms with Crippen molar-refractivity contribution in [3.63, 3.8) is 0 Å². The van der Waals surface area contributed by atoms with Crippen molar-refractivity contribution in [3.8, 4) is 0 Å². The summed E-state index contributed by atoms with van der Waals surface area (Å²) in [6.07, 6.45) is 0.133. The standard InChI is InChI=1S/C15H14F3N3O/c1-10-5-6-21(22)7-12(10)11-3-2-4-13-14(11)19-9-20(13)8-15(16,17)18/h2-6,9,21H,7-8H2,1H3. The van der Waals surface area contributed by atoms with Crippen LogP contribution in [-0.2, 0) is 6.54 Å². The molecule has 1 unspecified atom stereocenters. The molecule has 0 saturated heterocycles. The third-order valence-corrected chi connectivity index (χ3v) is 3.67. The predicted molar refractivity (Wildman–Crippen MR) is 76.7 cm³/mol. The van der Waals surface area contributed by atoms with Crippen LogP contribution in [0.2, 0.25) is 0 Å². The highest BCUT2D eigenvalue weighted by Crippen LogP contribution is 2.28. The number of para-hydroxylation sites is 1. The Kier molecular flexibility index (Phi) is 3.54. The number of quaternary nitrogens is 1. The first kappa shape index (κ1) is 14.8. The van der Waals surface area contributed by atoms with Crippen LogP contribution >= 0.6 is 0 Å². The van der Waals surface area contributed by atoms with Crippen molar-refractivity contribution in [2.45, 2.75) is 19.6 Å². The minimum Gasteiger partial charge on any atom is -0.629 e. The van der Waals surface area contributed by atoms with Gasteiger partial charge >= 0.3 is 6.18 Å². The van der Waals surface area contributed by atoms with Crippen LogP contribution in [0.3, 0.4) is 0 Å². The Bertz CT molecular complexity index is 774. The maximum Gasteiger partial charge on any atom is 0.406 e. The zero-order valence-corrected chi connectivity index (χ0v) is 11.8. The summed E-state index contributed by atoms with van der Waals surface area (Å²) in [6, 6.07) is 5.09. The molecule has 7 heteroatoms. The monoisotopic (exact) mass is 309 g/mol. The van der Waals surface area contributed by atoms with E-state index in [0.29, 0.717) is 16.6 Å². The number of rotatable bonds is 2. The Morgan fingerprint density at radius 3 is 2.86 bits per heavy atom. The number of alkyl halides is 3. The Balaban J connectivity index is 2.11. The SMILES string of the molecule is CC1=C(c2cccc3c2ncn3CC(F)(F)F)C[NH+]([O-])C=C1. The number of nitrogens with zero attached hydrogens (tertiary/aromatic N) is 2. The Morgan fingerprint density at radius 2 is 2.14 bits per heavy atom. The van der Waals surface area contributed by atoms with Gasteiger partial charge in [0.05, 0.1) is 23.6 Å². The van der Waals surface area contributed by atoms with E-state index in [0.717, 1.165) is 15.7 Å². The highest BCUT2D eigenvalue weighted by molar-refractivity contribution is 5.91. The second-order valence-electron chi connectivity index (χ2n) is 5.30. The van der Waals surface area contributed by atoms with Gasteiger partial charge in [-0.25, -0.2) is 4.98 Å². The maximum absolute atomic E-state index is 12.6. The molecule has 1 aliphatic heterocycles. The van der Waals surface area contributed by atoms with Gasteiger partial charge in [-0.2, -0.15) is 13.2 Å². The maximum atomic E-state index is 12.6. The quantitative estimate of drug-likeness (QED) is 0.865. The molecule has 0 aliphatic carbocycles. The van der Waals surface area contributed by atoms with Gasteiger partial charge in [0, 0.05) is 11.1 Å². The average Bonchev–Trinajstić information content (AvgIpc) is 2.83. The molecule has 22 heavy (non-hydrogen) atoms. The van der Waals surface area contributed by atoms with Gasteiger partial charge in [0.1, 0.15) is 13.1 Å². The fourth-order valence-corrected chi connectivity index (χ4v) is 2.65. The summed E-state index contributed by atoms with van der Waals surface area (Å²) >= 11 is 0. The minimum atomic E-state index is -4.30. The molecule has 1 N–H and O–H groups in total. The van der Waals surface area contributed by atoms with Gasteiger partial charge in [0.2, 0.25) is 0 Å². The molecule has 0 amide bonds. The average molecular weight is 309 g/mol. The predicted octanol–water partition coefficient (Wildman–Crippen LogP) is 2.28. The molecule has 1 atom stereocenters. The van der Waals surface area contributed by atoms with E-state index in [1.54, 1.807) is 24.3 Å². The number of hydrogen-bond acceptors (Lipinski definition) is 2. The minimum absolute atomic E-state index is 0.0210. The summed E-state index contributed by atoms with van der Waals surface area (Å²) in [5.74, 6) is 0. The van der Waals surface area contributed by atoms with Crippen LogP contribution in [0.4, 0.5) is 13.2 Å². The lowest BCUT2D eigenvalue weighted by atomic mass is 9.97. The molecule has 2 aromatic rings. The van der Waals surface area contributed by atoms with Gasteiger partial charge in [-0.15, -0.1) is 0 Å². The number of hydrogen-bond donors (Lipinski definition) is 1. The van der Waals surface area contributed by atoms with E-state index in [1.165, 1.54) is 12.5 Å². The van der Waals surface area contributed by atoms with E-state index in [1.807, 2.05) is 6.92 Å². The molecular formula is C15H14F3N3O. The zero-order valence-electron chi connectivity index (χ0n) is 11.8. The lowest BCUT2D eigenvalue weighted by Crippen LogP contribution is -3.02. The van der Waals surface area contributed by atoms with Crippen LogP contribution in [0.25, 0.3) is 16.6 Å². The molecule has 116 valence electrons. The number of imidazole rings is 1. The van der Waals surface area contributed by atoms with Crippen LogP contribution in [0.15, 0.2) is 42.4 Å². The second kappa shape index (κ2) is 5.26. The fraction of sp³-hybridized carbons (Fsp3) is 0.267. The molecule has 3 rings (SSSR count). The highest BCUT2D eigenvalue weighted by atomic mass is 19.4. The Labute approximate surface area is 124 Å². The highest BCUT2D eigenvalue weighted by Gasteiger charge is 2.29. The largest absolute Gasteiger partial charge is 0.629 e. The number of benzene rings is 1. The van der Waals surface area contributed by atoms with Crippen molar-refractivity contribution in [3.05, 3.63) is 53.1 Å². The van der Waals surface area contributed by atoms with Crippen LogP contribution in [0, 0.1) is 5.21 Å². The molecule has 0 spiro atoms. The van der Waals surface area contributed by atoms with Crippen molar-refractivity contribution < 1.29 is 18.2 Å². The summed E-state index contributed by atoms with van der Waals surface area (Å²) in [7, 11) is 0. The summed E-state index contributed by atoms with van der Waals surface area (Å²) < 4.78 is 38.9. The fourth-order valence-electron chi connectivity index (χ4n) is 2.65. The summed E-state index contributed by atoms with van der Waals surface area (Å²) in [5.41, 5.74) is 3.36.